The van der Waals surface area contributed by atoms with Crippen molar-refractivity contribution >= 4 is 21.9 Å². The third-order valence-electron chi connectivity index (χ3n) is 3.22. The first-order chi connectivity index (χ1) is 9.50. The predicted molar refractivity (Wildman–Crippen MR) is 83.9 cm³/mol. The molecule has 0 aromatic heterocycles. The first-order valence-corrected chi connectivity index (χ1v) is 7.84. The van der Waals surface area contributed by atoms with Crippen molar-refractivity contribution in [2.45, 2.75) is 33.1 Å². The monoisotopic (exact) mass is 342 g/mol. The van der Waals surface area contributed by atoms with E-state index in [0.29, 0.717) is 32.0 Å². The molecule has 0 saturated heterocycles. The fourth-order valence-electron chi connectivity index (χ4n) is 1.89. The van der Waals surface area contributed by atoms with Crippen LogP contribution in [0.3, 0.4) is 0 Å². The number of halogens is 1. The number of rotatable bonds is 9. The van der Waals surface area contributed by atoms with Crippen molar-refractivity contribution in [3.8, 4) is 0 Å². The average molecular weight is 343 g/mol. The zero-order chi connectivity index (χ0) is 15.0. The summed E-state index contributed by atoms with van der Waals surface area (Å²) in [4.78, 5) is 11.3. The van der Waals surface area contributed by atoms with Crippen molar-refractivity contribution in [1.82, 2.24) is 0 Å². The summed E-state index contributed by atoms with van der Waals surface area (Å²) in [5.74, 6) is -0.536. The molecule has 1 aromatic rings. The second-order valence-corrected chi connectivity index (χ2v) is 6.27. The Morgan fingerprint density at radius 1 is 1.25 bits per heavy atom. The lowest BCUT2D eigenvalue weighted by Crippen LogP contribution is -2.19. The molecule has 1 rings (SSSR count). The Labute approximate surface area is 129 Å². The van der Waals surface area contributed by atoms with Crippen LogP contribution < -0.4 is 0 Å². The molecule has 0 aliphatic carbocycles. The zero-order valence-corrected chi connectivity index (χ0v) is 13.7. The van der Waals surface area contributed by atoms with E-state index in [2.05, 4.69) is 29.8 Å². The van der Waals surface area contributed by atoms with Gasteiger partial charge in [-0.2, -0.15) is 0 Å². The standard InChI is InChI=1S/C16H23BrO3/c1-12(2)7-9-20-10-8-14(16(18)19)11-13-5-3-4-6-15(13)17/h3-6,12,14H,7-11H2,1-2H3,(H,18,19). The lowest BCUT2D eigenvalue weighted by Gasteiger charge is -2.14. The van der Waals surface area contributed by atoms with E-state index < -0.39 is 11.9 Å². The maximum Gasteiger partial charge on any atom is 0.306 e. The SMILES string of the molecule is CC(C)CCOCCC(Cc1ccccc1Br)C(=O)O. The summed E-state index contributed by atoms with van der Waals surface area (Å²) < 4.78 is 6.48. The number of hydrogen-bond acceptors (Lipinski definition) is 2. The Bertz CT molecular complexity index is 418. The fraction of sp³-hybridized carbons (Fsp3) is 0.562. The van der Waals surface area contributed by atoms with Crippen molar-refractivity contribution in [3.63, 3.8) is 0 Å². The highest BCUT2D eigenvalue weighted by Crippen LogP contribution is 2.21. The summed E-state index contributed by atoms with van der Waals surface area (Å²) in [5.41, 5.74) is 1.03. The average Bonchev–Trinajstić information content (AvgIpc) is 2.38. The summed E-state index contributed by atoms with van der Waals surface area (Å²) in [6, 6.07) is 7.75. The number of carbonyl (C=O) groups is 1. The molecule has 0 aliphatic heterocycles. The highest BCUT2D eigenvalue weighted by Gasteiger charge is 2.18. The smallest absolute Gasteiger partial charge is 0.306 e. The van der Waals surface area contributed by atoms with Crippen molar-refractivity contribution in [1.29, 1.82) is 0 Å². The number of aliphatic carboxylic acids is 1. The van der Waals surface area contributed by atoms with E-state index in [1.807, 2.05) is 24.3 Å². The third kappa shape index (κ3) is 6.53. The Hall–Kier alpha value is -0.870. The minimum Gasteiger partial charge on any atom is -0.481 e. The van der Waals surface area contributed by atoms with Gasteiger partial charge in [-0.15, -0.1) is 0 Å². The molecule has 0 amide bonds. The molecule has 1 unspecified atom stereocenters. The summed E-state index contributed by atoms with van der Waals surface area (Å²) in [6.07, 6.45) is 2.10. The molecular weight excluding hydrogens is 320 g/mol. The van der Waals surface area contributed by atoms with Gasteiger partial charge in [0.1, 0.15) is 0 Å². The number of carboxylic acids is 1. The summed E-state index contributed by atoms with van der Waals surface area (Å²) in [6.45, 7) is 5.51. The highest BCUT2D eigenvalue weighted by atomic mass is 79.9. The van der Waals surface area contributed by atoms with Crippen LogP contribution in [0.2, 0.25) is 0 Å². The van der Waals surface area contributed by atoms with Gasteiger partial charge in [-0.05, 0) is 36.8 Å². The molecule has 0 spiro atoms. The minimum atomic E-state index is -0.756. The van der Waals surface area contributed by atoms with E-state index in [0.717, 1.165) is 16.5 Å². The van der Waals surface area contributed by atoms with Gasteiger partial charge in [0.25, 0.3) is 0 Å². The van der Waals surface area contributed by atoms with E-state index in [1.54, 1.807) is 0 Å². The van der Waals surface area contributed by atoms with Gasteiger partial charge in [0.05, 0.1) is 5.92 Å². The lowest BCUT2D eigenvalue weighted by molar-refractivity contribution is -0.142. The largest absolute Gasteiger partial charge is 0.481 e. The van der Waals surface area contributed by atoms with Crippen LogP contribution in [0.25, 0.3) is 0 Å². The molecule has 0 heterocycles. The quantitative estimate of drug-likeness (QED) is 0.686. The summed E-state index contributed by atoms with van der Waals surface area (Å²) in [5, 5.41) is 9.30. The molecule has 112 valence electrons. The van der Waals surface area contributed by atoms with E-state index in [9.17, 15) is 9.90 Å². The maximum absolute atomic E-state index is 11.3. The molecule has 20 heavy (non-hydrogen) atoms. The summed E-state index contributed by atoms with van der Waals surface area (Å²) in [7, 11) is 0. The molecule has 0 aliphatic rings. The van der Waals surface area contributed by atoms with Crippen molar-refractivity contribution in [3.05, 3.63) is 34.3 Å². The Morgan fingerprint density at radius 3 is 2.50 bits per heavy atom. The van der Waals surface area contributed by atoms with Crippen LogP contribution in [0.4, 0.5) is 0 Å². The first-order valence-electron chi connectivity index (χ1n) is 7.04. The number of benzene rings is 1. The lowest BCUT2D eigenvalue weighted by atomic mass is 9.97. The fourth-order valence-corrected chi connectivity index (χ4v) is 2.34. The Kier molecular flexibility index (Phi) is 7.85. The second kappa shape index (κ2) is 9.14. The molecule has 0 bridgehead atoms. The van der Waals surface area contributed by atoms with Gasteiger partial charge in [0.2, 0.25) is 0 Å². The van der Waals surface area contributed by atoms with Crippen LogP contribution in [0.1, 0.15) is 32.3 Å². The molecule has 0 saturated carbocycles. The molecule has 0 fully saturated rings. The third-order valence-corrected chi connectivity index (χ3v) is 4.00. The molecule has 0 radical (unpaired) electrons. The topological polar surface area (TPSA) is 46.5 Å². The molecule has 1 N–H and O–H groups in total. The van der Waals surface area contributed by atoms with Gasteiger partial charge >= 0.3 is 5.97 Å². The molecule has 3 nitrogen and oxygen atoms in total. The number of hydrogen-bond donors (Lipinski definition) is 1. The predicted octanol–water partition coefficient (Wildman–Crippen LogP) is 4.15. The van der Waals surface area contributed by atoms with E-state index in [-0.39, 0.29) is 0 Å². The summed E-state index contributed by atoms with van der Waals surface area (Å²) >= 11 is 3.46. The molecule has 4 heteroatoms. The zero-order valence-electron chi connectivity index (χ0n) is 12.1. The Morgan fingerprint density at radius 2 is 1.90 bits per heavy atom. The van der Waals surface area contributed by atoms with E-state index >= 15 is 0 Å². The normalized spacial score (nSPS) is 12.6. The minimum absolute atomic E-state index is 0.396. The first kappa shape index (κ1) is 17.2. The van der Waals surface area contributed by atoms with Crippen molar-refractivity contribution in [2.75, 3.05) is 13.2 Å². The molecule has 1 atom stereocenters. The van der Waals surface area contributed by atoms with Crippen LogP contribution in [-0.2, 0) is 16.0 Å². The molecular formula is C16H23BrO3. The second-order valence-electron chi connectivity index (χ2n) is 5.41. The van der Waals surface area contributed by atoms with Gasteiger partial charge in [0.15, 0.2) is 0 Å². The molecule has 1 aromatic carbocycles. The van der Waals surface area contributed by atoms with Gasteiger partial charge < -0.3 is 9.84 Å². The van der Waals surface area contributed by atoms with Crippen LogP contribution in [0.15, 0.2) is 28.7 Å². The van der Waals surface area contributed by atoms with Gasteiger partial charge in [0, 0.05) is 17.7 Å². The van der Waals surface area contributed by atoms with Crippen LogP contribution >= 0.6 is 15.9 Å². The van der Waals surface area contributed by atoms with E-state index in [4.69, 9.17) is 4.74 Å². The number of ether oxygens (including phenoxy) is 1. The number of carboxylic acid groups (broad SMARTS) is 1. The Balaban J connectivity index is 2.41. The van der Waals surface area contributed by atoms with Gasteiger partial charge in [-0.3, -0.25) is 4.79 Å². The van der Waals surface area contributed by atoms with Crippen molar-refractivity contribution < 1.29 is 14.6 Å². The van der Waals surface area contributed by atoms with Gasteiger partial charge in [-0.25, -0.2) is 0 Å². The van der Waals surface area contributed by atoms with Crippen LogP contribution in [0.5, 0.6) is 0 Å². The van der Waals surface area contributed by atoms with Crippen LogP contribution in [-0.4, -0.2) is 24.3 Å². The van der Waals surface area contributed by atoms with Crippen LogP contribution in [0, 0.1) is 11.8 Å². The van der Waals surface area contributed by atoms with E-state index in [1.165, 1.54) is 0 Å². The maximum atomic E-state index is 11.3. The highest BCUT2D eigenvalue weighted by molar-refractivity contribution is 9.10. The van der Waals surface area contributed by atoms with Gasteiger partial charge in [-0.1, -0.05) is 48.0 Å². The van der Waals surface area contributed by atoms with Crippen molar-refractivity contribution in [2.24, 2.45) is 11.8 Å².